The normalized spacial score (nSPS) is 10.4. The highest BCUT2D eigenvalue weighted by Crippen LogP contribution is 2.06. The van der Waals surface area contributed by atoms with E-state index in [-0.39, 0.29) is 11.9 Å². The Hall–Kier alpha value is -1.38. The third-order valence-corrected chi connectivity index (χ3v) is 1.87. The van der Waals surface area contributed by atoms with Crippen LogP contribution in [0.1, 0.15) is 35.6 Å². The van der Waals surface area contributed by atoms with Crippen LogP contribution in [0.3, 0.4) is 0 Å². The number of pyridine rings is 1. The molecule has 0 aliphatic carbocycles. The minimum atomic E-state index is -0.0961. The fourth-order valence-electron chi connectivity index (χ4n) is 1.19. The minimum Gasteiger partial charge on any atom is -0.349 e. The van der Waals surface area contributed by atoms with Gasteiger partial charge < -0.3 is 5.32 Å². The van der Waals surface area contributed by atoms with E-state index in [0.29, 0.717) is 5.69 Å². The van der Waals surface area contributed by atoms with E-state index in [1.165, 1.54) is 0 Å². The van der Waals surface area contributed by atoms with Gasteiger partial charge in [-0.2, -0.15) is 0 Å². The third kappa shape index (κ3) is 2.55. The first-order valence-corrected chi connectivity index (χ1v) is 4.76. The predicted octanol–water partition coefficient (Wildman–Crippen LogP) is 1.84. The van der Waals surface area contributed by atoms with Crippen molar-refractivity contribution >= 4 is 5.91 Å². The molecule has 1 heterocycles. The maximum absolute atomic E-state index is 11.7. The summed E-state index contributed by atoms with van der Waals surface area (Å²) in [6.45, 7) is 7.64. The summed E-state index contributed by atoms with van der Waals surface area (Å²) in [7, 11) is 0. The number of nitrogens with one attached hydrogen (secondary N) is 1. The molecule has 3 heteroatoms. The van der Waals surface area contributed by atoms with E-state index < -0.39 is 0 Å². The number of amides is 1. The lowest BCUT2D eigenvalue weighted by Crippen LogP contribution is -2.31. The Bertz CT molecular complexity index is 345. The molecule has 1 N–H and O–H groups in total. The Morgan fingerprint density at radius 1 is 1.36 bits per heavy atom. The predicted molar refractivity (Wildman–Crippen MR) is 56.3 cm³/mol. The largest absolute Gasteiger partial charge is 0.349 e. The lowest BCUT2D eigenvalue weighted by molar-refractivity contribution is 0.0937. The number of nitrogens with zero attached hydrogens (tertiary/aromatic N) is 1. The Labute approximate surface area is 84.6 Å². The van der Waals surface area contributed by atoms with Crippen molar-refractivity contribution in [1.29, 1.82) is 0 Å². The highest BCUT2D eigenvalue weighted by atomic mass is 16.1. The van der Waals surface area contributed by atoms with E-state index in [4.69, 9.17) is 0 Å². The lowest BCUT2D eigenvalue weighted by Gasteiger charge is -2.09. The van der Waals surface area contributed by atoms with Crippen LogP contribution in [0, 0.1) is 13.8 Å². The van der Waals surface area contributed by atoms with E-state index >= 15 is 0 Å². The second-order valence-electron chi connectivity index (χ2n) is 3.75. The maximum atomic E-state index is 11.7. The SMILES string of the molecule is Cc1ccc(C)c(C(=O)NC(C)C)n1. The summed E-state index contributed by atoms with van der Waals surface area (Å²) in [4.78, 5) is 15.9. The highest BCUT2D eigenvalue weighted by Gasteiger charge is 2.11. The van der Waals surface area contributed by atoms with Crippen LogP contribution in [0.4, 0.5) is 0 Å². The fourth-order valence-corrected chi connectivity index (χ4v) is 1.19. The molecule has 0 unspecified atom stereocenters. The van der Waals surface area contributed by atoms with Gasteiger partial charge in [0.25, 0.3) is 5.91 Å². The lowest BCUT2D eigenvalue weighted by atomic mass is 10.2. The molecule has 1 rings (SSSR count). The van der Waals surface area contributed by atoms with Crippen LogP contribution in [0.15, 0.2) is 12.1 Å². The van der Waals surface area contributed by atoms with Gasteiger partial charge in [-0.15, -0.1) is 0 Å². The Morgan fingerprint density at radius 2 is 2.00 bits per heavy atom. The zero-order valence-corrected chi connectivity index (χ0v) is 9.09. The third-order valence-electron chi connectivity index (χ3n) is 1.87. The van der Waals surface area contributed by atoms with Crippen LogP contribution in [-0.4, -0.2) is 16.9 Å². The number of hydrogen-bond donors (Lipinski definition) is 1. The molecule has 3 nitrogen and oxygen atoms in total. The molecule has 1 aromatic rings. The van der Waals surface area contributed by atoms with Crippen LogP contribution in [0.2, 0.25) is 0 Å². The summed E-state index contributed by atoms with van der Waals surface area (Å²) < 4.78 is 0. The van der Waals surface area contributed by atoms with Gasteiger partial charge in [-0.1, -0.05) is 6.07 Å². The molecule has 0 aliphatic rings. The minimum absolute atomic E-state index is 0.0961. The first-order chi connectivity index (χ1) is 6.50. The zero-order valence-electron chi connectivity index (χ0n) is 9.09. The van der Waals surface area contributed by atoms with Crippen molar-refractivity contribution in [3.05, 3.63) is 29.1 Å². The second-order valence-corrected chi connectivity index (χ2v) is 3.75. The summed E-state index contributed by atoms with van der Waals surface area (Å²) >= 11 is 0. The molecule has 0 atom stereocenters. The molecule has 76 valence electrons. The quantitative estimate of drug-likeness (QED) is 0.776. The molecule has 0 aliphatic heterocycles. The molecular weight excluding hydrogens is 176 g/mol. The van der Waals surface area contributed by atoms with Crippen LogP contribution in [0.5, 0.6) is 0 Å². The van der Waals surface area contributed by atoms with Crippen LogP contribution >= 0.6 is 0 Å². The smallest absolute Gasteiger partial charge is 0.270 e. The van der Waals surface area contributed by atoms with E-state index in [1.54, 1.807) is 0 Å². The average molecular weight is 192 g/mol. The van der Waals surface area contributed by atoms with Gasteiger partial charge in [-0.3, -0.25) is 4.79 Å². The van der Waals surface area contributed by atoms with Crippen molar-refractivity contribution < 1.29 is 4.79 Å². The van der Waals surface area contributed by atoms with Gasteiger partial charge in [-0.05, 0) is 39.3 Å². The number of carbonyl (C=O) groups excluding carboxylic acids is 1. The summed E-state index contributed by atoms with van der Waals surface area (Å²) in [5, 5.41) is 2.83. The molecule has 0 bridgehead atoms. The van der Waals surface area contributed by atoms with Crippen molar-refractivity contribution in [3.63, 3.8) is 0 Å². The summed E-state index contributed by atoms with van der Waals surface area (Å²) in [5.74, 6) is -0.0961. The van der Waals surface area contributed by atoms with Gasteiger partial charge in [0, 0.05) is 11.7 Å². The zero-order chi connectivity index (χ0) is 10.7. The molecule has 1 amide bonds. The van der Waals surface area contributed by atoms with Crippen molar-refractivity contribution in [2.45, 2.75) is 33.7 Å². The number of carbonyl (C=O) groups is 1. The Kier molecular flexibility index (Phi) is 3.23. The van der Waals surface area contributed by atoms with E-state index in [2.05, 4.69) is 10.3 Å². The van der Waals surface area contributed by atoms with Crippen LogP contribution < -0.4 is 5.32 Å². The van der Waals surface area contributed by atoms with Crippen molar-refractivity contribution in [3.8, 4) is 0 Å². The van der Waals surface area contributed by atoms with Crippen molar-refractivity contribution in [2.24, 2.45) is 0 Å². The Balaban J connectivity index is 2.94. The summed E-state index contributed by atoms with van der Waals surface area (Å²) in [5.41, 5.74) is 2.30. The molecule has 0 aromatic carbocycles. The monoisotopic (exact) mass is 192 g/mol. The number of rotatable bonds is 2. The van der Waals surface area contributed by atoms with Gasteiger partial charge in [0.15, 0.2) is 0 Å². The Morgan fingerprint density at radius 3 is 2.57 bits per heavy atom. The van der Waals surface area contributed by atoms with Gasteiger partial charge in [-0.25, -0.2) is 4.98 Å². The molecule has 0 radical (unpaired) electrons. The van der Waals surface area contributed by atoms with E-state index in [0.717, 1.165) is 11.3 Å². The van der Waals surface area contributed by atoms with Crippen molar-refractivity contribution in [1.82, 2.24) is 10.3 Å². The van der Waals surface area contributed by atoms with E-state index in [1.807, 2.05) is 39.8 Å². The fraction of sp³-hybridized carbons (Fsp3) is 0.455. The van der Waals surface area contributed by atoms with Crippen molar-refractivity contribution in [2.75, 3.05) is 0 Å². The molecule has 0 saturated carbocycles. The van der Waals surface area contributed by atoms with E-state index in [9.17, 15) is 4.79 Å². The molecular formula is C11H16N2O. The molecule has 1 aromatic heterocycles. The van der Waals surface area contributed by atoms with Gasteiger partial charge in [0.2, 0.25) is 0 Å². The average Bonchev–Trinajstić information content (AvgIpc) is 2.08. The van der Waals surface area contributed by atoms with Gasteiger partial charge in [0.1, 0.15) is 5.69 Å². The molecule has 14 heavy (non-hydrogen) atoms. The number of aromatic nitrogens is 1. The maximum Gasteiger partial charge on any atom is 0.270 e. The van der Waals surface area contributed by atoms with Gasteiger partial charge in [0.05, 0.1) is 0 Å². The number of hydrogen-bond acceptors (Lipinski definition) is 2. The topological polar surface area (TPSA) is 42.0 Å². The van der Waals surface area contributed by atoms with Gasteiger partial charge >= 0.3 is 0 Å². The standard InChI is InChI=1S/C11H16N2O/c1-7(2)12-11(14)10-8(3)5-6-9(4)13-10/h5-7H,1-4H3,(H,12,14). The highest BCUT2D eigenvalue weighted by molar-refractivity contribution is 5.93. The second kappa shape index (κ2) is 4.22. The molecule has 0 fully saturated rings. The first-order valence-electron chi connectivity index (χ1n) is 4.76. The molecule has 0 saturated heterocycles. The first kappa shape index (κ1) is 10.7. The van der Waals surface area contributed by atoms with Crippen LogP contribution in [-0.2, 0) is 0 Å². The molecule has 0 spiro atoms. The van der Waals surface area contributed by atoms with Crippen LogP contribution in [0.25, 0.3) is 0 Å². The summed E-state index contributed by atoms with van der Waals surface area (Å²) in [6.07, 6.45) is 0. The number of aryl methyl sites for hydroxylation is 2. The summed E-state index contributed by atoms with van der Waals surface area (Å²) in [6, 6.07) is 3.96.